The summed E-state index contributed by atoms with van der Waals surface area (Å²) in [5.41, 5.74) is 2.41. The minimum absolute atomic E-state index is 0.0171. The third-order valence-electron chi connectivity index (χ3n) is 2.28. The molecule has 0 bridgehead atoms. The second kappa shape index (κ2) is 6.00. The molecule has 1 amide bonds. The lowest BCUT2D eigenvalue weighted by atomic mass is 10.3. The second-order valence-electron chi connectivity index (χ2n) is 3.63. The molecule has 20 heavy (non-hydrogen) atoms. The third kappa shape index (κ3) is 3.13. The van der Waals surface area contributed by atoms with Crippen molar-refractivity contribution in [1.82, 2.24) is 9.97 Å². The number of anilines is 2. The number of nitrogens with one attached hydrogen (secondary N) is 2. The molecular weight excluding hydrogens is 308 g/mol. The van der Waals surface area contributed by atoms with Crippen molar-refractivity contribution in [2.24, 2.45) is 5.84 Å². The number of carbonyl (C=O) groups is 1. The van der Waals surface area contributed by atoms with Gasteiger partial charge in [-0.3, -0.25) is 4.79 Å². The summed E-state index contributed by atoms with van der Waals surface area (Å²) in [6.07, 6.45) is 2.50. The first-order chi connectivity index (χ1) is 9.51. The lowest BCUT2D eigenvalue weighted by Crippen LogP contribution is -2.16. The summed E-state index contributed by atoms with van der Waals surface area (Å²) in [7, 11) is 0. The summed E-state index contributed by atoms with van der Waals surface area (Å²) in [6.45, 7) is 0. The quantitative estimate of drug-likeness (QED) is 0.597. The number of carbonyl (C=O) groups excluding carboxylic acids is 1. The van der Waals surface area contributed by atoms with Crippen molar-refractivity contribution in [3.63, 3.8) is 0 Å². The monoisotopic (exact) mass is 315 g/mol. The molecular formula is C11H8Cl2FN5O. The molecule has 1 aromatic carbocycles. The van der Waals surface area contributed by atoms with Gasteiger partial charge in [0, 0.05) is 0 Å². The smallest absolute Gasteiger partial charge is 0.275 e. The van der Waals surface area contributed by atoms with E-state index in [9.17, 15) is 9.18 Å². The van der Waals surface area contributed by atoms with E-state index < -0.39 is 11.7 Å². The highest BCUT2D eigenvalue weighted by molar-refractivity contribution is 6.40. The van der Waals surface area contributed by atoms with Crippen molar-refractivity contribution in [2.75, 3.05) is 10.7 Å². The molecule has 1 heterocycles. The van der Waals surface area contributed by atoms with Crippen molar-refractivity contribution in [2.45, 2.75) is 0 Å². The first kappa shape index (κ1) is 14.4. The van der Waals surface area contributed by atoms with Crippen molar-refractivity contribution >= 4 is 40.6 Å². The molecule has 0 saturated carbocycles. The zero-order chi connectivity index (χ0) is 14.7. The fourth-order valence-electron chi connectivity index (χ4n) is 1.36. The molecule has 0 radical (unpaired) electrons. The number of benzene rings is 1. The van der Waals surface area contributed by atoms with Crippen molar-refractivity contribution in [3.8, 4) is 0 Å². The molecule has 0 fully saturated rings. The molecule has 0 aliphatic rings. The van der Waals surface area contributed by atoms with Gasteiger partial charge in [0.1, 0.15) is 11.5 Å². The number of nitrogens with two attached hydrogens (primary N) is 1. The lowest BCUT2D eigenvalue weighted by Gasteiger charge is -2.09. The summed E-state index contributed by atoms with van der Waals surface area (Å²) < 4.78 is 13.0. The Morgan fingerprint density at radius 1 is 1.20 bits per heavy atom. The topological polar surface area (TPSA) is 92.9 Å². The molecule has 9 heteroatoms. The summed E-state index contributed by atoms with van der Waals surface area (Å²) >= 11 is 11.6. The number of amides is 1. The highest BCUT2D eigenvalue weighted by Crippen LogP contribution is 2.31. The third-order valence-corrected chi connectivity index (χ3v) is 2.87. The van der Waals surface area contributed by atoms with E-state index >= 15 is 0 Å². The number of hydrogen-bond acceptors (Lipinski definition) is 5. The van der Waals surface area contributed by atoms with Crippen LogP contribution in [-0.4, -0.2) is 15.9 Å². The highest BCUT2D eigenvalue weighted by Gasteiger charge is 2.14. The number of hydrogen-bond donors (Lipinski definition) is 3. The van der Waals surface area contributed by atoms with Crippen LogP contribution in [0.5, 0.6) is 0 Å². The molecule has 0 saturated heterocycles. The van der Waals surface area contributed by atoms with Crippen LogP contribution in [0.2, 0.25) is 10.0 Å². The van der Waals surface area contributed by atoms with E-state index in [-0.39, 0.29) is 21.4 Å². The van der Waals surface area contributed by atoms with Gasteiger partial charge in [-0.2, -0.15) is 0 Å². The Labute approximate surface area is 123 Å². The van der Waals surface area contributed by atoms with Crippen molar-refractivity contribution < 1.29 is 9.18 Å². The van der Waals surface area contributed by atoms with Crippen LogP contribution in [-0.2, 0) is 0 Å². The number of nitrogens with zero attached hydrogens (tertiary/aromatic N) is 2. The van der Waals surface area contributed by atoms with Gasteiger partial charge < -0.3 is 10.7 Å². The normalized spacial score (nSPS) is 10.2. The maximum atomic E-state index is 13.0. The Morgan fingerprint density at radius 3 is 2.35 bits per heavy atom. The first-order valence-electron chi connectivity index (χ1n) is 5.26. The van der Waals surface area contributed by atoms with Crippen LogP contribution in [0.4, 0.5) is 15.9 Å². The van der Waals surface area contributed by atoms with Crippen LogP contribution in [0, 0.1) is 5.82 Å². The van der Waals surface area contributed by atoms with Gasteiger partial charge in [0.25, 0.3) is 5.91 Å². The van der Waals surface area contributed by atoms with Crippen LogP contribution in [0.1, 0.15) is 10.5 Å². The Bertz CT molecular complexity index is 627. The van der Waals surface area contributed by atoms with E-state index in [1.165, 1.54) is 12.4 Å². The van der Waals surface area contributed by atoms with Crippen LogP contribution in [0.25, 0.3) is 0 Å². The lowest BCUT2D eigenvalue weighted by molar-refractivity contribution is 0.102. The largest absolute Gasteiger partial charge is 0.318 e. The zero-order valence-electron chi connectivity index (χ0n) is 9.82. The van der Waals surface area contributed by atoms with E-state index in [4.69, 9.17) is 29.0 Å². The Morgan fingerprint density at radius 2 is 1.85 bits per heavy atom. The summed E-state index contributed by atoms with van der Waals surface area (Å²) in [4.78, 5) is 19.6. The van der Waals surface area contributed by atoms with E-state index in [1.54, 1.807) is 0 Å². The number of aromatic nitrogens is 2. The number of halogens is 3. The van der Waals surface area contributed by atoms with Gasteiger partial charge in [-0.1, -0.05) is 23.2 Å². The molecule has 0 aliphatic heterocycles. The van der Waals surface area contributed by atoms with Crippen LogP contribution in [0.3, 0.4) is 0 Å². The minimum Gasteiger partial charge on any atom is -0.318 e. The molecule has 0 atom stereocenters. The molecule has 6 nitrogen and oxygen atoms in total. The van der Waals surface area contributed by atoms with Gasteiger partial charge in [0.05, 0.1) is 28.1 Å². The molecule has 1 aromatic heterocycles. The number of nitrogen functional groups attached to an aromatic ring is 1. The maximum Gasteiger partial charge on any atom is 0.275 e. The van der Waals surface area contributed by atoms with E-state index in [0.717, 1.165) is 12.1 Å². The number of rotatable bonds is 3. The number of hydrazine groups is 1. The highest BCUT2D eigenvalue weighted by atomic mass is 35.5. The summed E-state index contributed by atoms with van der Waals surface area (Å²) in [5.74, 6) is 4.25. The second-order valence-corrected chi connectivity index (χ2v) is 4.44. The molecule has 4 N–H and O–H groups in total. The van der Waals surface area contributed by atoms with Crippen molar-refractivity contribution in [1.29, 1.82) is 0 Å². The summed E-state index contributed by atoms with van der Waals surface area (Å²) in [5, 5.41) is 2.40. The Hall–Kier alpha value is -1.96. The van der Waals surface area contributed by atoms with Crippen LogP contribution < -0.4 is 16.6 Å². The van der Waals surface area contributed by atoms with E-state index in [2.05, 4.69) is 20.7 Å². The van der Waals surface area contributed by atoms with Gasteiger partial charge in [0.2, 0.25) is 0 Å². The zero-order valence-corrected chi connectivity index (χ0v) is 11.3. The first-order valence-corrected chi connectivity index (χ1v) is 6.01. The average Bonchev–Trinajstić information content (AvgIpc) is 2.42. The fourth-order valence-corrected chi connectivity index (χ4v) is 1.91. The predicted molar refractivity (Wildman–Crippen MR) is 74.2 cm³/mol. The predicted octanol–water partition coefficient (Wildman–Crippen LogP) is 2.46. The Balaban J connectivity index is 2.23. The van der Waals surface area contributed by atoms with Gasteiger partial charge in [0.15, 0.2) is 5.82 Å². The average molecular weight is 316 g/mol. The van der Waals surface area contributed by atoms with Crippen LogP contribution in [0.15, 0.2) is 24.5 Å². The fraction of sp³-hybridized carbons (Fsp3) is 0. The van der Waals surface area contributed by atoms with Crippen molar-refractivity contribution in [3.05, 3.63) is 46.1 Å². The molecule has 0 unspecified atom stereocenters. The molecule has 0 spiro atoms. The standard InChI is InChI=1S/C11H8Cl2FN5O/c12-6-1-5(14)2-7(13)10(6)18-11(20)8-3-17-9(19-15)4-16-8/h1-4H,15H2,(H,17,19)(H,18,20). The van der Waals surface area contributed by atoms with E-state index in [0.29, 0.717) is 5.82 Å². The van der Waals surface area contributed by atoms with Gasteiger partial charge in [-0.25, -0.2) is 20.2 Å². The van der Waals surface area contributed by atoms with E-state index in [1.807, 2.05) is 0 Å². The Kier molecular flexibility index (Phi) is 4.33. The minimum atomic E-state index is -0.601. The summed E-state index contributed by atoms with van der Waals surface area (Å²) in [6, 6.07) is 2.08. The van der Waals surface area contributed by atoms with Crippen LogP contribution >= 0.6 is 23.2 Å². The van der Waals surface area contributed by atoms with Gasteiger partial charge in [-0.05, 0) is 12.1 Å². The van der Waals surface area contributed by atoms with Gasteiger partial charge >= 0.3 is 0 Å². The molecule has 2 aromatic rings. The molecule has 104 valence electrons. The SMILES string of the molecule is NNc1cnc(C(=O)Nc2c(Cl)cc(F)cc2Cl)cn1. The maximum absolute atomic E-state index is 13.0. The van der Waals surface area contributed by atoms with Gasteiger partial charge in [-0.15, -0.1) is 0 Å². The molecule has 0 aliphatic carbocycles. The molecule has 2 rings (SSSR count).